The Hall–Kier alpha value is -3.20. The Labute approximate surface area is 170 Å². The van der Waals surface area contributed by atoms with Gasteiger partial charge in [0, 0.05) is 12.1 Å². The van der Waals surface area contributed by atoms with Crippen molar-refractivity contribution in [2.45, 2.75) is 18.9 Å². The average molecular weight is 414 g/mol. The molecule has 2 aliphatic rings. The van der Waals surface area contributed by atoms with Crippen LogP contribution in [0.1, 0.15) is 32.9 Å². The van der Waals surface area contributed by atoms with Gasteiger partial charge in [0.15, 0.2) is 19.0 Å². The van der Waals surface area contributed by atoms with Crippen molar-refractivity contribution in [3.8, 4) is 5.75 Å². The monoisotopic (exact) mass is 414 g/mol. The first-order valence-electron chi connectivity index (χ1n) is 9.14. The number of hydrogen-bond acceptors (Lipinski definition) is 7. The van der Waals surface area contributed by atoms with E-state index in [2.05, 4.69) is 5.32 Å². The summed E-state index contributed by atoms with van der Waals surface area (Å²) in [4.78, 5) is 51.0. The number of nitrogens with one attached hydrogen (secondary N) is 1. The summed E-state index contributed by atoms with van der Waals surface area (Å²) in [6.45, 7) is -0.0289. The Morgan fingerprint density at radius 3 is 2.93 bits per heavy atom. The van der Waals surface area contributed by atoms with E-state index in [0.717, 1.165) is 0 Å². The van der Waals surface area contributed by atoms with Crippen LogP contribution in [0.25, 0.3) is 0 Å². The first kappa shape index (κ1) is 19.1. The molecule has 1 aromatic carbocycles. The number of fused-ring (bicyclic) bond motifs is 1. The molecule has 2 aliphatic heterocycles. The van der Waals surface area contributed by atoms with Gasteiger partial charge in [-0.1, -0.05) is 6.07 Å². The number of Topliss-reactive ketones (excluding diaryl/α,β-unsaturated/α-hetero) is 1. The van der Waals surface area contributed by atoms with E-state index in [0.29, 0.717) is 41.3 Å². The van der Waals surface area contributed by atoms with Crippen molar-refractivity contribution in [3.63, 3.8) is 0 Å². The smallest absolute Gasteiger partial charge is 0.329 e. The molecule has 3 heterocycles. The number of ether oxygens (including phenoxy) is 2. The number of esters is 1. The van der Waals surface area contributed by atoms with Crippen LogP contribution in [0.2, 0.25) is 0 Å². The minimum absolute atomic E-state index is 0.0695. The van der Waals surface area contributed by atoms with E-state index in [1.54, 1.807) is 29.6 Å². The molecule has 0 saturated carbocycles. The molecule has 9 heteroatoms. The molecular formula is C20H18N2O6S. The fourth-order valence-corrected chi connectivity index (χ4v) is 4.05. The zero-order chi connectivity index (χ0) is 20.4. The van der Waals surface area contributed by atoms with Crippen molar-refractivity contribution in [2.75, 3.05) is 25.1 Å². The van der Waals surface area contributed by atoms with E-state index < -0.39 is 24.4 Å². The van der Waals surface area contributed by atoms with Crippen LogP contribution >= 0.6 is 11.3 Å². The largest absolute Gasteiger partial charge is 0.482 e. The van der Waals surface area contributed by atoms with E-state index in [1.165, 1.54) is 22.3 Å². The maximum Gasteiger partial charge on any atom is 0.329 e. The summed E-state index contributed by atoms with van der Waals surface area (Å²) < 4.78 is 10.5. The second-order valence-electron chi connectivity index (χ2n) is 6.71. The highest BCUT2D eigenvalue weighted by atomic mass is 32.1. The average Bonchev–Trinajstić information content (AvgIpc) is 3.42. The van der Waals surface area contributed by atoms with Crippen LogP contribution < -0.4 is 10.1 Å². The van der Waals surface area contributed by atoms with Gasteiger partial charge in [-0.15, -0.1) is 11.3 Å². The number of ketones is 1. The van der Waals surface area contributed by atoms with Crippen molar-refractivity contribution in [1.29, 1.82) is 0 Å². The Morgan fingerprint density at radius 2 is 2.14 bits per heavy atom. The topological polar surface area (TPSA) is 102 Å². The Bertz CT molecular complexity index is 971. The van der Waals surface area contributed by atoms with Crippen LogP contribution in [0, 0.1) is 0 Å². The van der Waals surface area contributed by atoms with Crippen LogP contribution in [0.3, 0.4) is 0 Å². The number of rotatable bonds is 5. The standard InChI is InChI=1S/C20H18N2O6S/c23-15(12-5-6-16-13(9-12)21-18(24)11-27-16)10-28-20(26)14-3-1-7-22(14)19(25)17-4-2-8-29-17/h2,4-6,8-9,14H,1,3,7,10-11H2,(H,21,24)/t14-/m1/s1. The lowest BCUT2D eigenvalue weighted by molar-refractivity contribution is -0.147. The Balaban J connectivity index is 1.38. The van der Waals surface area contributed by atoms with Gasteiger partial charge in [0.2, 0.25) is 0 Å². The second kappa shape index (κ2) is 8.04. The Kier molecular flexibility index (Phi) is 5.30. The molecule has 1 fully saturated rings. The fraction of sp³-hybridized carbons (Fsp3) is 0.300. The minimum atomic E-state index is -0.686. The number of anilines is 1. The molecule has 2 amide bonds. The highest BCUT2D eigenvalue weighted by molar-refractivity contribution is 7.12. The third-order valence-corrected chi connectivity index (χ3v) is 5.66. The highest BCUT2D eigenvalue weighted by Crippen LogP contribution is 2.29. The quantitative estimate of drug-likeness (QED) is 0.594. The van der Waals surface area contributed by atoms with E-state index in [4.69, 9.17) is 9.47 Å². The second-order valence-corrected chi connectivity index (χ2v) is 7.66. The van der Waals surface area contributed by atoms with Gasteiger partial charge in [-0.2, -0.15) is 0 Å². The number of carbonyl (C=O) groups excluding carboxylic acids is 4. The van der Waals surface area contributed by atoms with Crippen LogP contribution in [0.5, 0.6) is 5.75 Å². The van der Waals surface area contributed by atoms with Crippen molar-refractivity contribution in [1.82, 2.24) is 4.90 Å². The highest BCUT2D eigenvalue weighted by Gasteiger charge is 2.36. The molecule has 0 bridgehead atoms. The number of benzene rings is 1. The van der Waals surface area contributed by atoms with Crippen molar-refractivity contribution >= 4 is 40.6 Å². The lowest BCUT2D eigenvalue weighted by Gasteiger charge is -2.22. The van der Waals surface area contributed by atoms with Crippen molar-refractivity contribution < 1.29 is 28.7 Å². The van der Waals surface area contributed by atoms with E-state index >= 15 is 0 Å². The number of amides is 2. The normalized spacial score (nSPS) is 17.9. The predicted octanol–water partition coefficient (Wildman–Crippen LogP) is 2.11. The summed E-state index contributed by atoms with van der Waals surface area (Å²) >= 11 is 1.32. The number of nitrogens with zero attached hydrogens (tertiary/aromatic N) is 1. The molecule has 1 aromatic heterocycles. The number of hydrogen-bond donors (Lipinski definition) is 1. The first-order chi connectivity index (χ1) is 14.0. The van der Waals surface area contributed by atoms with Gasteiger partial charge < -0.3 is 19.7 Å². The van der Waals surface area contributed by atoms with E-state index in [9.17, 15) is 19.2 Å². The van der Waals surface area contributed by atoms with Crippen LogP contribution in [-0.2, 0) is 14.3 Å². The lowest BCUT2D eigenvalue weighted by atomic mass is 10.1. The summed E-state index contributed by atoms with van der Waals surface area (Å²) in [5, 5.41) is 4.44. The van der Waals surface area contributed by atoms with Crippen LogP contribution in [0.15, 0.2) is 35.7 Å². The van der Waals surface area contributed by atoms with Gasteiger partial charge in [-0.25, -0.2) is 4.79 Å². The molecule has 1 atom stereocenters. The maximum absolute atomic E-state index is 12.6. The number of thiophene rings is 1. The molecular weight excluding hydrogens is 396 g/mol. The molecule has 2 aromatic rings. The molecule has 4 rings (SSSR count). The van der Waals surface area contributed by atoms with Gasteiger partial charge in [0.25, 0.3) is 11.8 Å². The van der Waals surface area contributed by atoms with Gasteiger partial charge in [-0.3, -0.25) is 14.4 Å². The maximum atomic E-state index is 12.6. The third-order valence-electron chi connectivity index (χ3n) is 4.80. The Morgan fingerprint density at radius 1 is 1.28 bits per heavy atom. The fourth-order valence-electron chi connectivity index (χ4n) is 3.37. The van der Waals surface area contributed by atoms with Crippen LogP contribution in [0.4, 0.5) is 5.69 Å². The predicted molar refractivity (Wildman–Crippen MR) is 104 cm³/mol. The van der Waals surface area contributed by atoms with Crippen molar-refractivity contribution in [3.05, 3.63) is 46.2 Å². The van der Waals surface area contributed by atoms with E-state index in [1.807, 2.05) is 0 Å². The van der Waals surface area contributed by atoms with Gasteiger partial charge in [-0.05, 0) is 42.5 Å². The minimum Gasteiger partial charge on any atom is -0.482 e. The lowest BCUT2D eigenvalue weighted by Crippen LogP contribution is -2.41. The summed E-state index contributed by atoms with van der Waals surface area (Å²) in [5.74, 6) is -1.02. The molecule has 29 heavy (non-hydrogen) atoms. The van der Waals surface area contributed by atoms with Gasteiger partial charge in [0.1, 0.15) is 11.8 Å². The van der Waals surface area contributed by atoms with Crippen LogP contribution in [-0.4, -0.2) is 54.3 Å². The molecule has 8 nitrogen and oxygen atoms in total. The van der Waals surface area contributed by atoms with Gasteiger partial charge >= 0.3 is 5.97 Å². The molecule has 0 spiro atoms. The summed E-state index contributed by atoms with van der Waals surface area (Å²) in [6, 6.07) is 7.44. The third kappa shape index (κ3) is 4.00. The van der Waals surface area contributed by atoms with Crippen molar-refractivity contribution in [2.24, 2.45) is 0 Å². The molecule has 0 aliphatic carbocycles. The summed E-state index contributed by atoms with van der Waals surface area (Å²) in [6.07, 6.45) is 1.21. The molecule has 0 unspecified atom stereocenters. The van der Waals surface area contributed by atoms with Gasteiger partial charge in [0.05, 0.1) is 10.6 Å². The zero-order valence-electron chi connectivity index (χ0n) is 15.4. The SMILES string of the molecule is O=C1COc2ccc(C(=O)COC(=O)[C@H]3CCCN3C(=O)c3cccs3)cc2N1. The zero-order valence-corrected chi connectivity index (χ0v) is 16.2. The summed E-state index contributed by atoms with van der Waals surface area (Å²) in [7, 11) is 0. The molecule has 1 saturated heterocycles. The first-order valence-corrected chi connectivity index (χ1v) is 10.0. The molecule has 150 valence electrons. The molecule has 0 radical (unpaired) electrons. The molecule has 1 N–H and O–H groups in total. The van der Waals surface area contributed by atoms with E-state index in [-0.39, 0.29) is 18.4 Å². The number of carbonyl (C=O) groups is 4. The number of likely N-dealkylation sites (tertiary alicyclic amines) is 1. The summed E-state index contributed by atoms with van der Waals surface area (Å²) in [5.41, 5.74) is 0.697.